The summed E-state index contributed by atoms with van der Waals surface area (Å²) < 4.78 is 0. The minimum absolute atomic E-state index is 0.0528. The number of likely N-dealkylation sites (N-methyl/N-ethyl adjacent to an activating group) is 1. The van der Waals surface area contributed by atoms with Crippen molar-refractivity contribution in [2.75, 3.05) is 43.4 Å². The number of aryl methyl sites for hydroxylation is 2. The van der Waals surface area contributed by atoms with Crippen LogP contribution in [-0.4, -0.2) is 64.2 Å². The van der Waals surface area contributed by atoms with Gasteiger partial charge in [0.15, 0.2) is 0 Å². The summed E-state index contributed by atoms with van der Waals surface area (Å²) in [5.41, 5.74) is 3.07. The predicted molar refractivity (Wildman–Crippen MR) is 96.8 cm³/mol. The zero-order chi connectivity index (χ0) is 17.8. The Kier molecular flexibility index (Phi) is 5.28. The average molecular weight is 343 g/mol. The molecular formula is C17H25N7O. The lowest BCUT2D eigenvalue weighted by Gasteiger charge is -2.33. The van der Waals surface area contributed by atoms with E-state index >= 15 is 0 Å². The Hall–Kier alpha value is -2.48. The maximum Gasteiger partial charge on any atom is 0.225 e. The summed E-state index contributed by atoms with van der Waals surface area (Å²) in [7, 11) is 2.12. The van der Waals surface area contributed by atoms with Crippen molar-refractivity contribution in [1.29, 1.82) is 0 Å². The number of hydrogen-bond acceptors (Lipinski definition) is 6. The number of amides is 1. The lowest BCUT2D eigenvalue weighted by Crippen LogP contribution is -2.44. The topological polar surface area (TPSA) is 90.0 Å². The molecule has 0 spiro atoms. The van der Waals surface area contributed by atoms with E-state index in [9.17, 15) is 4.79 Å². The first-order valence-electron chi connectivity index (χ1n) is 8.59. The molecule has 0 radical (unpaired) electrons. The van der Waals surface area contributed by atoms with Crippen LogP contribution in [0, 0.1) is 13.8 Å². The van der Waals surface area contributed by atoms with E-state index in [2.05, 4.69) is 42.3 Å². The summed E-state index contributed by atoms with van der Waals surface area (Å²) in [5, 5.41) is 9.98. The van der Waals surface area contributed by atoms with E-state index in [1.54, 1.807) is 0 Å². The Morgan fingerprint density at radius 2 is 2.00 bits per heavy atom. The molecule has 0 unspecified atom stereocenters. The van der Waals surface area contributed by atoms with E-state index < -0.39 is 0 Å². The summed E-state index contributed by atoms with van der Waals surface area (Å²) in [6, 6.07) is 1.84. The lowest BCUT2D eigenvalue weighted by molar-refractivity contribution is -0.116. The molecule has 3 heterocycles. The number of carbonyl (C=O) groups is 1. The third kappa shape index (κ3) is 4.33. The second-order valence-electron chi connectivity index (χ2n) is 6.51. The number of nitrogens with zero attached hydrogens (tertiary/aromatic N) is 5. The molecule has 0 aromatic carbocycles. The molecule has 2 aromatic heterocycles. The van der Waals surface area contributed by atoms with Crippen LogP contribution in [-0.2, 0) is 11.2 Å². The summed E-state index contributed by atoms with van der Waals surface area (Å²) in [5.74, 6) is 1.36. The van der Waals surface area contributed by atoms with Gasteiger partial charge in [-0.15, -0.1) is 0 Å². The summed E-state index contributed by atoms with van der Waals surface area (Å²) in [4.78, 5) is 25.3. The van der Waals surface area contributed by atoms with Crippen LogP contribution in [0.25, 0.3) is 0 Å². The summed E-state index contributed by atoms with van der Waals surface area (Å²) in [6.45, 7) is 7.80. The van der Waals surface area contributed by atoms with Crippen molar-refractivity contribution < 1.29 is 4.79 Å². The van der Waals surface area contributed by atoms with Crippen LogP contribution in [0.3, 0.4) is 0 Å². The van der Waals surface area contributed by atoms with Crippen LogP contribution in [0.15, 0.2) is 12.4 Å². The van der Waals surface area contributed by atoms with Gasteiger partial charge in [-0.25, -0.2) is 9.97 Å². The zero-order valence-corrected chi connectivity index (χ0v) is 15.0. The van der Waals surface area contributed by atoms with Crippen molar-refractivity contribution >= 4 is 17.5 Å². The highest BCUT2D eigenvalue weighted by molar-refractivity contribution is 5.90. The number of nitrogens with one attached hydrogen (secondary N) is 2. The summed E-state index contributed by atoms with van der Waals surface area (Å²) in [6.07, 6.45) is 2.57. The Bertz CT molecular complexity index is 715. The fraction of sp³-hybridized carbons (Fsp3) is 0.529. The fourth-order valence-corrected chi connectivity index (χ4v) is 3.01. The molecule has 134 valence electrons. The second-order valence-corrected chi connectivity index (χ2v) is 6.51. The van der Waals surface area contributed by atoms with Gasteiger partial charge in [0.1, 0.15) is 18.0 Å². The number of H-pyrrole nitrogens is 1. The van der Waals surface area contributed by atoms with Crippen LogP contribution in [0.4, 0.5) is 11.6 Å². The molecule has 0 atom stereocenters. The summed E-state index contributed by atoms with van der Waals surface area (Å²) >= 11 is 0. The van der Waals surface area contributed by atoms with Gasteiger partial charge in [-0.3, -0.25) is 9.89 Å². The normalized spacial score (nSPS) is 15.4. The van der Waals surface area contributed by atoms with Gasteiger partial charge in [0, 0.05) is 44.4 Å². The first-order valence-corrected chi connectivity index (χ1v) is 8.59. The highest BCUT2D eigenvalue weighted by Gasteiger charge is 2.16. The van der Waals surface area contributed by atoms with Crippen LogP contribution in [0.2, 0.25) is 0 Å². The quantitative estimate of drug-likeness (QED) is 0.846. The molecule has 3 rings (SSSR count). The number of aromatic nitrogens is 4. The van der Waals surface area contributed by atoms with Gasteiger partial charge in [-0.05, 0) is 32.9 Å². The molecule has 2 N–H and O–H groups in total. The van der Waals surface area contributed by atoms with Crippen LogP contribution < -0.4 is 10.2 Å². The Morgan fingerprint density at radius 1 is 1.24 bits per heavy atom. The van der Waals surface area contributed by atoms with Crippen molar-refractivity contribution in [3.63, 3.8) is 0 Å². The third-order valence-electron chi connectivity index (χ3n) is 4.63. The monoisotopic (exact) mass is 343 g/mol. The highest BCUT2D eigenvalue weighted by atomic mass is 16.1. The van der Waals surface area contributed by atoms with Crippen LogP contribution in [0.5, 0.6) is 0 Å². The van der Waals surface area contributed by atoms with Gasteiger partial charge >= 0.3 is 0 Å². The fourth-order valence-electron chi connectivity index (χ4n) is 3.01. The zero-order valence-electron chi connectivity index (χ0n) is 15.0. The molecule has 0 aliphatic carbocycles. The van der Waals surface area contributed by atoms with Gasteiger partial charge < -0.3 is 15.1 Å². The molecular weight excluding hydrogens is 318 g/mol. The second kappa shape index (κ2) is 7.60. The lowest BCUT2D eigenvalue weighted by atomic mass is 10.1. The molecule has 25 heavy (non-hydrogen) atoms. The average Bonchev–Trinajstić information content (AvgIpc) is 2.92. The first kappa shape index (κ1) is 17.3. The van der Waals surface area contributed by atoms with E-state index in [1.165, 1.54) is 6.33 Å². The number of carbonyl (C=O) groups excluding carboxylic acids is 1. The predicted octanol–water partition coefficient (Wildman–Crippen LogP) is 1.14. The van der Waals surface area contributed by atoms with Crippen molar-refractivity contribution in [2.24, 2.45) is 0 Å². The number of hydrogen-bond donors (Lipinski definition) is 2. The van der Waals surface area contributed by atoms with Crippen molar-refractivity contribution in [1.82, 2.24) is 25.1 Å². The molecule has 1 saturated heterocycles. The molecule has 1 aliphatic rings. The molecule has 0 bridgehead atoms. The molecule has 8 nitrogen and oxygen atoms in total. The van der Waals surface area contributed by atoms with E-state index in [0.29, 0.717) is 18.7 Å². The molecule has 2 aromatic rings. The highest BCUT2D eigenvalue weighted by Crippen LogP contribution is 2.17. The smallest absolute Gasteiger partial charge is 0.225 e. The van der Waals surface area contributed by atoms with Crippen molar-refractivity contribution in [3.05, 3.63) is 29.3 Å². The van der Waals surface area contributed by atoms with Gasteiger partial charge in [0.2, 0.25) is 5.91 Å². The minimum Gasteiger partial charge on any atom is -0.354 e. The molecule has 0 saturated carbocycles. The van der Waals surface area contributed by atoms with Crippen molar-refractivity contribution in [2.45, 2.75) is 26.7 Å². The van der Waals surface area contributed by atoms with E-state index in [4.69, 9.17) is 0 Å². The number of anilines is 2. The molecule has 1 amide bonds. The van der Waals surface area contributed by atoms with Gasteiger partial charge in [0.05, 0.1) is 5.69 Å². The maximum absolute atomic E-state index is 12.2. The van der Waals surface area contributed by atoms with E-state index in [0.717, 1.165) is 48.9 Å². The number of aromatic amines is 1. The number of rotatable bonds is 5. The number of piperazine rings is 1. The van der Waals surface area contributed by atoms with E-state index in [-0.39, 0.29) is 5.91 Å². The van der Waals surface area contributed by atoms with Gasteiger partial charge in [-0.2, -0.15) is 5.10 Å². The van der Waals surface area contributed by atoms with Crippen LogP contribution in [0.1, 0.15) is 23.4 Å². The molecule has 1 aliphatic heterocycles. The van der Waals surface area contributed by atoms with E-state index in [1.807, 2.05) is 19.9 Å². The standard InChI is InChI=1S/C17H25N7O/c1-12-14(13(2)22-21-12)4-5-17(25)20-15-10-16(19-11-18-15)24-8-6-23(3)7-9-24/h10-11H,4-9H2,1-3H3,(H,21,22)(H,18,19,20,25). The molecule has 1 fully saturated rings. The third-order valence-corrected chi connectivity index (χ3v) is 4.63. The Morgan fingerprint density at radius 3 is 2.68 bits per heavy atom. The van der Waals surface area contributed by atoms with Gasteiger partial charge in [0.25, 0.3) is 0 Å². The SMILES string of the molecule is Cc1n[nH]c(C)c1CCC(=O)Nc1cc(N2CCN(C)CC2)ncn1. The maximum atomic E-state index is 12.2. The van der Waals surface area contributed by atoms with Gasteiger partial charge in [-0.1, -0.05) is 0 Å². The minimum atomic E-state index is -0.0528. The van der Waals surface area contributed by atoms with Crippen LogP contribution >= 0.6 is 0 Å². The van der Waals surface area contributed by atoms with Crippen molar-refractivity contribution in [3.8, 4) is 0 Å². The Labute approximate surface area is 147 Å². The Balaban J connectivity index is 1.57. The first-order chi connectivity index (χ1) is 12.0. The largest absolute Gasteiger partial charge is 0.354 e. The molecule has 8 heteroatoms.